The molecule has 1 aliphatic rings. The van der Waals surface area contributed by atoms with Gasteiger partial charge in [0, 0.05) is 12.0 Å². The molecule has 2 amide bonds. The summed E-state index contributed by atoms with van der Waals surface area (Å²) in [7, 11) is 1.51. The molecule has 112 valence electrons. The van der Waals surface area contributed by atoms with Crippen LogP contribution in [0.25, 0.3) is 0 Å². The molecule has 0 N–H and O–H groups in total. The van der Waals surface area contributed by atoms with Gasteiger partial charge in [-0.2, -0.15) is 0 Å². The van der Waals surface area contributed by atoms with Crippen molar-refractivity contribution in [2.24, 2.45) is 0 Å². The van der Waals surface area contributed by atoms with E-state index in [0.717, 1.165) is 0 Å². The van der Waals surface area contributed by atoms with E-state index in [9.17, 15) is 14.4 Å². The maximum absolute atomic E-state index is 12.2. The van der Waals surface area contributed by atoms with E-state index in [1.54, 1.807) is 23.6 Å². The molecule has 0 radical (unpaired) electrons. The van der Waals surface area contributed by atoms with Crippen molar-refractivity contribution in [3.8, 4) is 0 Å². The summed E-state index contributed by atoms with van der Waals surface area (Å²) in [5.41, 5.74) is 0.730. The molecule has 0 saturated carbocycles. The SMILES string of the molecule is COCc1sccc1C(=O)ON1C(=O)c2ccccc2C1=O. The summed E-state index contributed by atoms with van der Waals surface area (Å²) in [4.78, 5) is 42.1. The van der Waals surface area contributed by atoms with Gasteiger partial charge >= 0.3 is 5.97 Å². The number of fused-ring (bicyclic) bond motifs is 1. The maximum atomic E-state index is 12.2. The maximum Gasteiger partial charge on any atom is 0.365 e. The largest absolute Gasteiger partial charge is 0.379 e. The van der Waals surface area contributed by atoms with Crippen LogP contribution in [0.3, 0.4) is 0 Å². The predicted octanol–water partition coefficient (Wildman–Crippen LogP) is 2.26. The zero-order valence-corrected chi connectivity index (χ0v) is 12.4. The average Bonchev–Trinajstić information content (AvgIpc) is 3.07. The number of benzene rings is 1. The number of thiophene rings is 1. The Morgan fingerprint density at radius 1 is 1.14 bits per heavy atom. The topological polar surface area (TPSA) is 72.9 Å². The number of carbonyl (C=O) groups excluding carboxylic acids is 3. The highest BCUT2D eigenvalue weighted by Gasteiger charge is 2.39. The normalized spacial score (nSPS) is 13.4. The Morgan fingerprint density at radius 2 is 1.77 bits per heavy atom. The second-order valence-electron chi connectivity index (χ2n) is 4.52. The summed E-state index contributed by atoms with van der Waals surface area (Å²) in [6.07, 6.45) is 0. The fraction of sp³-hybridized carbons (Fsp3) is 0.133. The van der Waals surface area contributed by atoms with E-state index < -0.39 is 17.8 Å². The number of hydrogen-bond donors (Lipinski definition) is 0. The Hall–Kier alpha value is -2.51. The zero-order chi connectivity index (χ0) is 15.7. The quantitative estimate of drug-likeness (QED) is 0.809. The first-order chi connectivity index (χ1) is 10.6. The first-order valence-electron chi connectivity index (χ1n) is 6.39. The van der Waals surface area contributed by atoms with Crippen molar-refractivity contribution >= 4 is 29.1 Å². The van der Waals surface area contributed by atoms with Crippen LogP contribution in [-0.4, -0.2) is 30.0 Å². The van der Waals surface area contributed by atoms with Crippen LogP contribution in [-0.2, 0) is 16.2 Å². The monoisotopic (exact) mass is 317 g/mol. The summed E-state index contributed by atoms with van der Waals surface area (Å²) in [6.45, 7) is 0.254. The first kappa shape index (κ1) is 14.4. The molecular formula is C15H11NO5S. The Labute approximate surface area is 129 Å². The van der Waals surface area contributed by atoms with Crippen LogP contribution in [0.15, 0.2) is 35.7 Å². The zero-order valence-electron chi connectivity index (χ0n) is 11.6. The average molecular weight is 317 g/mol. The Kier molecular flexibility index (Phi) is 3.74. The highest BCUT2D eigenvalue weighted by Crippen LogP contribution is 2.25. The molecular weight excluding hydrogens is 306 g/mol. The van der Waals surface area contributed by atoms with Crippen molar-refractivity contribution in [2.75, 3.05) is 7.11 Å². The molecule has 22 heavy (non-hydrogen) atoms. The van der Waals surface area contributed by atoms with Crippen LogP contribution in [0, 0.1) is 0 Å². The smallest absolute Gasteiger partial charge is 0.365 e. The lowest BCUT2D eigenvalue weighted by atomic mass is 10.1. The summed E-state index contributed by atoms with van der Waals surface area (Å²) in [5.74, 6) is -2.04. The molecule has 1 aliphatic heterocycles. The molecule has 0 fully saturated rings. The van der Waals surface area contributed by atoms with E-state index in [-0.39, 0.29) is 23.3 Å². The van der Waals surface area contributed by atoms with E-state index in [4.69, 9.17) is 9.57 Å². The fourth-order valence-corrected chi connectivity index (χ4v) is 2.98. The van der Waals surface area contributed by atoms with Gasteiger partial charge in [0.2, 0.25) is 0 Å². The number of hydroxylamine groups is 2. The van der Waals surface area contributed by atoms with Crippen molar-refractivity contribution < 1.29 is 24.0 Å². The van der Waals surface area contributed by atoms with E-state index in [0.29, 0.717) is 9.94 Å². The molecule has 7 heteroatoms. The number of methoxy groups -OCH3 is 1. The van der Waals surface area contributed by atoms with Gasteiger partial charge in [-0.1, -0.05) is 17.2 Å². The van der Waals surface area contributed by atoms with Crippen LogP contribution in [0.4, 0.5) is 0 Å². The third-order valence-corrected chi connectivity index (χ3v) is 4.07. The van der Waals surface area contributed by atoms with Gasteiger partial charge in [-0.25, -0.2) is 4.79 Å². The van der Waals surface area contributed by atoms with E-state index >= 15 is 0 Å². The molecule has 0 atom stereocenters. The number of carbonyl (C=O) groups is 3. The fourth-order valence-electron chi connectivity index (χ4n) is 2.15. The van der Waals surface area contributed by atoms with E-state index in [1.807, 2.05) is 0 Å². The molecule has 6 nitrogen and oxygen atoms in total. The van der Waals surface area contributed by atoms with E-state index in [2.05, 4.69) is 0 Å². The summed E-state index contributed by atoms with van der Waals surface area (Å²) in [5, 5.41) is 2.22. The van der Waals surface area contributed by atoms with Crippen molar-refractivity contribution in [3.05, 3.63) is 57.3 Å². The molecule has 0 bridgehead atoms. The molecule has 2 aromatic rings. The summed E-state index contributed by atoms with van der Waals surface area (Å²) in [6, 6.07) is 7.89. The Balaban J connectivity index is 1.82. The second-order valence-corrected chi connectivity index (χ2v) is 5.52. The van der Waals surface area contributed by atoms with Crippen LogP contribution in [0.1, 0.15) is 36.0 Å². The van der Waals surface area contributed by atoms with Crippen LogP contribution >= 0.6 is 11.3 Å². The van der Waals surface area contributed by atoms with Crippen molar-refractivity contribution in [3.63, 3.8) is 0 Å². The lowest BCUT2D eigenvalue weighted by Gasteiger charge is -2.12. The number of rotatable bonds is 4. The molecule has 0 spiro atoms. The standard InChI is InChI=1S/C15H11NO5S/c1-20-8-12-11(6-7-22-12)15(19)21-16-13(17)9-4-2-3-5-10(9)14(16)18/h2-7H,8H2,1H3. The number of imide groups is 1. The number of ether oxygens (including phenoxy) is 1. The third-order valence-electron chi connectivity index (χ3n) is 3.17. The van der Waals surface area contributed by atoms with Gasteiger partial charge in [0.1, 0.15) is 0 Å². The minimum atomic E-state index is -0.761. The highest BCUT2D eigenvalue weighted by atomic mass is 32.1. The molecule has 2 heterocycles. The van der Waals surface area contributed by atoms with Crippen molar-refractivity contribution in [1.29, 1.82) is 0 Å². The van der Waals surface area contributed by atoms with Gasteiger partial charge in [0.15, 0.2) is 0 Å². The molecule has 0 saturated heterocycles. The van der Waals surface area contributed by atoms with Crippen molar-refractivity contribution in [2.45, 2.75) is 6.61 Å². The molecule has 1 aromatic carbocycles. The molecule has 0 aliphatic carbocycles. The predicted molar refractivity (Wildman–Crippen MR) is 77.4 cm³/mol. The van der Waals surface area contributed by atoms with Gasteiger partial charge in [-0.3, -0.25) is 9.59 Å². The third kappa shape index (κ3) is 2.30. The van der Waals surface area contributed by atoms with Crippen LogP contribution < -0.4 is 0 Å². The van der Waals surface area contributed by atoms with Gasteiger partial charge in [0.25, 0.3) is 11.8 Å². The molecule has 0 unspecified atom stereocenters. The molecule has 3 rings (SSSR count). The van der Waals surface area contributed by atoms with E-state index in [1.165, 1.54) is 30.6 Å². The highest BCUT2D eigenvalue weighted by molar-refractivity contribution is 7.10. The van der Waals surface area contributed by atoms with Gasteiger partial charge in [-0.05, 0) is 23.6 Å². The summed E-state index contributed by atoms with van der Waals surface area (Å²) < 4.78 is 5.00. The summed E-state index contributed by atoms with van der Waals surface area (Å²) >= 11 is 1.34. The Morgan fingerprint density at radius 3 is 2.36 bits per heavy atom. The molecule has 1 aromatic heterocycles. The second kappa shape index (κ2) is 5.70. The number of nitrogens with zero attached hydrogens (tertiary/aromatic N) is 1. The Bertz CT molecular complexity index is 732. The minimum Gasteiger partial charge on any atom is -0.379 e. The van der Waals surface area contributed by atoms with Gasteiger partial charge in [-0.15, -0.1) is 11.3 Å². The number of amides is 2. The minimum absolute atomic E-state index is 0.225. The van der Waals surface area contributed by atoms with Crippen LogP contribution in [0.2, 0.25) is 0 Å². The van der Waals surface area contributed by atoms with Crippen molar-refractivity contribution in [1.82, 2.24) is 5.06 Å². The van der Waals surface area contributed by atoms with Crippen LogP contribution in [0.5, 0.6) is 0 Å². The first-order valence-corrected chi connectivity index (χ1v) is 7.27. The lowest BCUT2D eigenvalue weighted by Crippen LogP contribution is -2.32. The van der Waals surface area contributed by atoms with Gasteiger partial charge in [0.05, 0.1) is 23.3 Å². The van der Waals surface area contributed by atoms with Gasteiger partial charge < -0.3 is 9.57 Å². The number of hydrogen-bond acceptors (Lipinski definition) is 6. The lowest BCUT2D eigenvalue weighted by molar-refractivity contribution is -0.0585.